The van der Waals surface area contributed by atoms with E-state index in [4.69, 9.17) is 13.8 Å². The molecule has 0 amide bonds. The first-order valence-corrected chi connectivity index (χ1v) is 13.5. The fraction of sp³-hybridized carbons (Fsp3) is 0. The second-order valence-electron chi connectivity index (χ2n) is 10.3. The monoisotopic (exact) mass is 528 g/mol. The van der Waals surface area contributed by atoms with Gasteiger partial charge in [-0.1, -0.05) is 66.7 Å². The van der Waals surface area contributed by atoms with Crippen molar-refractivity contribution in [3.8, 4) is 16.8 Å². The average molecular weight is 529 g/mol. The lowest BCUT2D eigenvalue weighted by Gasteiger charge is -2.14. The maximum Gasteiger partial charge on any atom is 0.200 e. The van der Waals surface area contributed by atoms with Gasteiger partial charge in [-0.25, -0.2) is 4.98 Å². The molecule has 0 saturated carbocycles. The van der Waals surface area contributed by atoms with Crippen molar-refractivity contribution in [3.05, 3.63) is 132 Å². The van der Waals surface area contributed by atoms with Crippen LogP contribution in [0.1, 0.15) is 0 Å². The number of pyridine rings is 1. The molecule has 0 aliphatic heterocycles. The maximum absolute atomic E-state index is 13.2. The molecule has 4 aromatic heterocycles. The van der Waals surface area contributed by atoms with Gasteiger partial charge in [0.2, 0.25) is 5.43 Å². The summed E-state index contributed by atoms with van der Waals surface area (Å²) in [6.45, 7) is 0. The molecule has 0 bridgehead atoms. The summed E-state index contributed by atoms with van der Waals surface area (Å²) in [4.78, 5) is 18.3. The Labute approximate surface area is 232 Å². The molecule has 0 spiro atoms. The largest absolute Gasteiger partial charge is 0.456 e. The summed E-state index contributed by atoms with van der Waals surface area (Å²) in [6.07, 6.45) is 0. The van der Waals surface area contributed by atoms with E-state index >= 15 is 0 Å². The molecule has 5 nitrogen and oxygen atoms in total. The summed E-state index contributed by atoms with van der Waals surface area (Å²) in [5.74, 6) is 0. The molecule has 9 rings (SSSR count). The molecule has 192 valence electrons. The lowest BCUT2D eigenvalue weighted by Crippen LogP contribution is -2.02. The van der Waals surface area contributed by atoms with Gasteiger partial charge in [0.25, 0.3) is 0 Å². The maximum atomic E-state index is 13.2. The van der Waals surface area contributed by atoms with Crippen molar-refractivity contribution in [1.82, 2.24) is 9.55 Å². The molecule has 4 heterocycles. The summed E-state index contributed by atoms with van der Waals surface area (Å²) >= 11 is 0. The normalized spacial score (nSPS) is 12.0. The van der Waals surface area contributed by atoms with Crippen molar-refractivity contribution in [2.24, 2.45) is 0 Å². The Hall–Kier alpha value is -5.68. The van der Waals surface area contributed by atoms with Crippen molar-refractivity contribution in [2.75, 3.05) is 0 Å². The lowest BCUT2D eigenvalue weighted by molar-refractivity contribution is 0.660. The van der Waals surface area contributed by atoms with Crippen molar-refractivity contribution in [3.63, 3.8) is 0 Å². The van der Waals surface area contributed by atoms with Gasteiger partial charge in [-0.3, -0.25) is 4.79 Å². The molecular weight excluding hydrogens is 508 g/mol. The second kappa shape index (κ2) is 8.16. The quantitative estimate of drug-likeness (QED) is 0.210. The van der Waals surface area contributed by atoms with Crippen LogP contribution in [0.15, 0.2) is 135 Å². The van der Waals surface area contributed by atoms with Crippen LogP contribution in [0.2, 0.25) is 0 Å². The smallest absolute Gasteiger partial charge is 0.200 e. The number of rotatable bonds is 2. The molecule has 5 heteroatoms. The predicted octanol–water partition coefficient (Wildman–Crippen LogP) is 9.00. The van der Waals surface area contributed by atoms with E-state index in [2.05, 4.69) is 47.0 Å². The highest BCUT2D eigenvalue weighted by Gasteiger charge is 2.19. The van der Waals surface area contributed by atoms with E-state index in [0.29, 0.717) is 21.9 Å². The molecule has 5 aromatic carbocycles. The zero-order chi connectivity index (χ0) is 27.1. The minimum absolute atomic E-state index is 0.0231. The number of hydrogen-bond acceptors (Lipinski definition) is 4. The van der Waals surface area contributed by atoms with Crippen LogP contribution in [0, 0.1) is 0 Å². The van der Waals surface area contributed by atoms with Crippen LogP contribution in [0.5, 0.6) is 0 Å². The second-order valence-corrected chi connectivity index (χ2v) is 10.3. The molecule has 0 unspecified atom stereocenters. The van der Waals surface area contributed by atoms with Crippen LogP contribution in [-0.2, 0) is 0 Å². The van der Waals surface area contributed by atoms with Gasteiger partial charge in [0.1, 0.15) is 22.3 Å². The third kappa shape index (κ3) is 3.11. The van der Waals surface area contributed by atoms with Crippen molar-refractivity contribution < 1.29 is 8.83 Å². The van der Waals surface area contributed by atoms with Crippen molar-refractivity contribution >= 4 is 65.9 Å². The van der Waals surface area contributed by atoms with Crippen LogP contribution < -0.4 is 5.43 Å². The molecule has 0 radical (unpaired) electrons. The fourth-order valence-corrected chi connectivity index (χ4v) is 6.13. The summed E-state index contributed by atoms with van der Waals surface area (Å²) in [7, 11) is 0. The Kier molecular flexibility index (Phi) is 4.41. The van der Waals surface area contributed by atoms with Crippen LogP contribution in [-0.4, -0.2) is 9.55 Å². The van der Waals surface area contributed by atoms with Gasteiger partial charge in [-0.15, -0.1) is 0 Å². The number of benzene rings is 5. The Morgan fingerprint density at radius 2 is 1.17 bits per heavy atom. The van der Waals surface area contributed by atoms with E-state index in [1.807, 2.05) is 72.8 Å². The van der Waals surface area contributed by atoms with Crippen LogP contribution in [0.3, 0.4) is 0 Å². The molecule has 0 aliphatic rings. The van der Waals surface area contributed by atoms with Gasteiger partial charge in [-0.05, 0) is 54.1 Å². The van der Waals surface area contributed by atoms with Gasteiger partial charge in [0, 0.05) is 22.4 Å². The van der Waals surface area contributed by atoms with Gasteiger partial charge in [0.05, 0.1) is 33.0 Å². The zero-order valence-corrected chi connectivity index (χ0v) is 21.7. The number of nitrogens with zero attached hydrogens (tertiary/aromatic N) is 2. The SMILES string of the molecule is O=c1c2ccccc2oc2cc(-c3ccccc3-n3c4ccccc4c4nc5c(cc43)oc3ccccc35)ccc12. The van der Waals surface area contributed by atoms with Gasteiger partial charge < -0.3 is 13.4 Å². The number of para-hydroxylation sites is 4. The Morgan fingerprint density at radius 1 is 0.512 bits per heavy atom. The van der Waals surface area contributed by atoms with E-state index in [9.17, 15) is 4.79 Å². The molecule has 41 heavy (non-hydrogen) atoms. The number of fused-ring (bicyclic) bond motifs is 8. The summed E-state index contributed by atoms with van der Waals surface area (Å²) in [5.41, 5.74) is 9.46. The van der Waals surface area contributed by atoms with E-state index in [1.165, 1.54) is 0 Å². The van der Waals surface area contributed by atoms with Gasteiger partial charge in [0.15, 0.2) is 5.58 Å². The molecule has 0 atom stereocenters. The minimum Gasteiger partial charge on any atom is -0.456 e. The van der Waals surface area contributed by atoms with Crippen LogP contribution in [0.25, 0.3) is 82.8 Å². The summed E-state index contributed by atoms with van der Waals surface area (Å²) < 4.78 is 14.7. The van der Waals surface area contributed by atoms with Gasteiger partial charge >= 0.3 is 0 Å². The zero-order valence-electron chi connectivity index (χ0n) is 21.7. The predicted molar refractivity (Wildman–Crippen MR) is 165 cm³/mol. The standard InChI is InChI=1S/C36H20N2O3/c39-36-25-12-4-8-16-31(25)40-32-19-21(17-18-26(32)36)22-9-1-5-13-27(22)38-28-14-6-2-10-23(28)34-29(38)20-33-35(37-34)24-11-3-7-15-30(24)41-33/h1-20H. The van der Waals surface area contributed by atoms with E-state index in [0.717, 1.165) is 60.8 Å². The molecule has 9 aromatic rings. The highest BCUT2D eigenvalue weighted by molar-refractivity contribution is 6.13. The third-order valence-electron chi connectivity index (χ3n) is 8.00. The van der Waals surface area contributed by atoms with E-state index in [-0.39, 0.29) is 5.43 Å². The van der Waals surface area contributed by atoms with Crippen molar-refractivity contribution in [2.45, 2.75) is 0 Å². The van der Waals surface area contributed by atoms with E-state index < -0.39 is 0 Å². The Balaban J connectivity index is 1.34. The first kappa shape index (κ1) is 22.2. The molecule has 0 N–H and O–H groups in total. The van der Waals surface area contributed by atoms with Gasteiger partial charge in [-0.2, -0.15) is 0 Å². The number of furan rings is 1. The van der Waals surface area contributed by atoms with Crippen LogP contribution >= 0.6 is 0 Å². The highest BCUT2D eigenvalue weighted by Crippen LogP contribution is 2.39. The first-order valence-electron chi connectivity index (χ1n) is 13.5. The molecule has 0 fully saturated rings. The number of aromatic nitrogens is 2. The average Bonchev–Trinajstić information content (AvgIpc) is 3.54. The topological polar surface area (TPSA) is 61.2 Å². The summed E-state index contributed by atoms with van der Waals surface area (Å²) in [6, 6.07) is 39.9. The molecule has 0 saturated heterocycles. The third-order valence-corrected chi connectivity index (χ3v) is 8.00. The lowest BCUT2D eigenvalue weighted by atomic mass is 10.0. The van der Waals surface area contributed by atoms with E-state index in [1.54, 1.807) is 6.07 Å². The molecular formula is C36H20N2O3. The van der Waals surface area contributed by atoms with Crippen LogP contribution in [0.4, 0.5) is 0 Å². The minimum atomic E-state index is -0.0231. The van der Waals surface area contributed by atoms with Crippen molar-refractivity contribution in [1.29, 1.82) is 0 Å². The summed E-state index contributed by atoms with van der Waals surface area (Å²) in [5, 5.41) is 3.23. The fourth-order valence-electron chi connectivity index (χ4n) is 6.13. The highest BCUT2D eigenvalue weighted by atomic mass is 16.3. The first-order chi connectivity index (χ1) is 20.2. The number of hydrogen-bond donors (Lipinski definition) is 0. The molecule has 0 aliphatic carbocycles. The Bertz CT molecular complexity index is 2570. The Morgan fingerprint density at radius 3 is 2.05 bits per heavy atom.